The molecule has 0 amide bonds. The first-order valence-electron chi connectivity index (χ1n) is 10.0. The Kier molecular flexibility index (Phi) is 5.47. The Balaban J connectivity index is 1.54. The third-order valence-corrected chi connectivity index (χ3v) is 5.51. The lowest BCUT2D eigenvalue weighted by Crippen LogP contribution is -2.47. The molecule has 0 bridgehead atoms. The number of H-pyrrole nitrogens is 1. The van der Waals surface area contributed by atoms with Crippen LogP contribution in [-0.4, -0.2) is 58.9 Å². The second-order valence-corrected chi connectivity index (χ2v) is 7.94. The number of anilines is 1. The predicted molar refractivity (Wildman–Crippen MR) is 110 cm³/mol. The smallest absolute Gasteiger partial charge is 0.255 e. The number of hydrogen-bond acceptors (Lipinski definition) is 7. The first-order chi connectivity index (χ1) is 13.9. The number of phenols is 1. The molecule has 0 saturated carbocycles. The average molecular weight is 400 g/mol. The molecule has 0 aliphatic carbocycles. The summed E-state index contributed by atoms with van der Waals surface area (Å²) in [5, 5.41) is 9.79. The maximum atomic E-state index is 12.7. The van der Waals surface area contributed by atoms with Gasteiger partial charge in [-0.1, -0.05) is 6.07 Å². The van der Waals surface area contributed by atoms with E-state index in [0.29, 0.717) is 44.3 Å². The van der Waals surface area contributed by atoms with Crippen molar-refractivity contribution < 1.29 is 14.6 Å². The van der Waals surface area contributed by atoms with Gasteiger partial charge in [0, 0.05) is 38.3 Å². The van der Waals surface area contributed by atoms with E-state index in [-0.39, 0.29) is 23.5 Å². The highest BCUT2D eigenvalue weighted by molar-refractivity contribution is 5.42. The van der Waals surface area contributed by atoms with Gasteiger partial charge in [0.25, 0.3) is 5.56 Å². The summed E-state index contributed by atoms with van der Waals surface area (Å²) < 4.78 is 11.0. The van der Waals surface area contributed by atoms with Crippen LogP contribution in [0.15, 0.2) is 23.0 Å². The average Bonchev–Trinajstić information content (AvgIpc) is 2.68. The molecule has 4 rings (SSSR count). The van der Waals surface area contributed by atoms with Crippen LogP contribution in [0.5, 0.6) is 11.5 Å². The molecule has 1 saturated heterocycles. The number of nitrogens with zero attached hydrogens (tertiary/aromatic N) is 3. The van der Waals surface area contributed by atoms with Crippen molar-refractivity contribution in [3.05, 3.63) is 45.4 Å². The van der Waals surface area contributed by atoms with E-state index in [2.05, 4.69) is 14.8 Å². The van der Waals surface area contributed by atoms with Gasteiger partial charge in [-0.3, -0.25) is 14.7 Å². The van der Waals surface area contributed by atoms with Gasteiger partial charge in [-0.05, 0) is 38.0 Å². The molecule has 2 atom stereocenters. The minimum Gasteiger partial charge on any atom is -0.504 e. The lowest BCUT2D eigenvalue weighted by molar-refractivity contribution is -0.00576. The number of hydrogen-bond donors (Lipinski definition) is 2. The molecule has 156 valence electrons. The molecule has 8 nitrogen and oxygen atoms in total. The van der Waals surface area contributed by atoms with E-state index in [4.69, 9.17) is 14.5 Å². The van der Waals surface area contributed by atoms with Gasteiger partial charge in [0.05, 0.1) is 25.0 Å². The molecule has 1 aromatic carbocycles. The summed E-state index contributed by atoms with van der Waals surface area (Å²) in [7, 11) is 1.54. The maximum absolute atomic E-state index is 12.7. The van der Waals surface area contributed by atoms with Crippen LogP contribution in [0.25, 0.3) is 0 Å². The Morgan fingerprint density at radius 2 is 2.07 bits per heavy atom. The molecule has 8 heteroatoms. The van der Waals surface area contributed by atoms with Gasteiger partial charge in [0.1, 0.15) is 0 Å². The zero-order valence-electron chi connectivity index (χ0n) is 17.1. The van der Waals surface area contributed by atoms with E-state index in [1.165, 1.54) is 0 Å². The van der Waals surface area contributed by atoms with Crippen molar-refractivity contribution in [1.29, 1.82) is 0 Å². The van der Waals surface area contributed by atoms with E-state index < -0.39 is 0 Å². The minimum atomic E-state index is -0.0391. The number of aromatic hydroxyl groups is 1. The summed E-state index contributed by atoms with van der Waals surface area (Å²) >= 11 is 0. The summed E-state index contributed by atoms with van der Waals surface area (Å²) in [6, 6.07) is 5.38. The highest BCUT2D eigenvalue weighted by Gasteiger charge is 2.27. The lowest BCUT2D eigenvalue weighted by Gasteiger charge is -2.36. The third-order valence-electron chi connectivity index (χ3n) is 5.51. The van der Waals surface area contributed by atoms with Crippen LogP contribution >= 0.6 is 0 Å². The zero-order chi connectivity index (χ0) is 20.5. The summed E-state index contributed by atoms with van der Waals surface area (Å²) in [6.07, 6.45) is 0.866. The molecule has 0 radical (unpaired) electrons. The molecule has 2 aliphatic heterocycles. The Morgan fingerprint density at radius 3 is 2.79 bits per heavy atom. The van der Waals surface area contributed by atoms with E-state index in [9.17, 15) is 9.90 Å². The topological polar surface area (TPSA) is 90.9 Å². The molecule has 1 aromatic heterocycles. The normalized spacial score (nSPS) is 22.4. The fourth-order valence-electron chi connectivity index (χ4n) is 4.19. The molecular weight excluding hydrogens is 372 g/mol. The number of rotatable bonds is 4. The van der Waals surface area contributed by atoms with Crippen LogP contribution in [0.1, 0.15) is 30.7 Å². The molecule has 2 aliphatic rings. The number of ether oxygens (including phenoxy) is 2. The van der Waals surface area contributed by atoms with E-state index in [0.717, 1.165) is 23.4 Å². The van der Waals surface area contributed by atoms with Crippen molar-refractivity contribution in [3.8, 4) is 11.5 Å². The monoisotopic (exact) mass is 400 g/mol. The second-order valence-electron chi connectivity index (χ2n) is 7.94. The molecule has 2 aromatic rings. The van der Waals surface area contributed by atoms with Crippen LogP contribution in [0.3, 0.4) is 0 Å². The molecule has 29 heavy (non-hydrogen) atoms. The van der Waals surface area contributed by atoms with Gasteiger partial charge in [0.15, 0.2) is 11.5 Å². The summed E-state index contributed by atoms with van der Waals surface area (Å²) in [5.41, 5.74) is 2.63. The Bertz CT molecular complexity index is 935. The number of benzene rings is 1. The van der Waals surface area contributed by atoms with E-state index in [1.54, 1.807) is 13.2 Å². The number of nitrogens with one attached hydrogen (secondary N) is 1. The van der Waals surface area contributed by atoms with Crippen molar-refractivity contribution in [3.63, 3.8) is 0 Å². The predicted octanol–water partition coefficient (Wildman–Crippen LogP) is 1.66. The van der Waals surface area contributed by atoms with Gasteiger partial charge in [0.2, 0.25) is 5.95 Å². The number of fused-ring (bicyclic) bond motifs is 1. The molecule has 2 N–H and O–H groups in total. The van der Waals surface area contributed by atoms with Crippen LogP contribution in [-0.2, 0) is 24.2 Å². The fraction of sp³-hybridized carbons (Fsp3) is 0.524. The third kappa shape index (κ3) is 4.23. The summed E-state index contributed by atoms with van der Waals surface area (Å²) in [6.45, 7) is 7.59. The Labute approximate surface area is 170 Å². The quantitative estimate of drug-likeness (QED) is 0.806. The highest BCUT2D eigenvalue weighted by atomic mass is 16.5. The first-order valence-corrected chi connectivity index (χ1v) is 10.0. The van der Waals surface area contributed by atoms with E-state index >= 15 is 0 Å². The number of aromatic nitrogens is 2. The van der Waals surface area contributed by atoms with Crippen LogP contribution in [0.2, 0.25) is 0 Å². The molecule has 0 spiro atoms. The van der Waals surface area contributed by atoms with Gasteiger partial charge in [-0.15, -0.1) is 0 Å². The largest absolute Gasteiger partial charge is 0.504 e. The second kappa shape index (κ2) is 8.04. The van der Waals surface area contributed by atoms with Gasteiger partial charge >= 0.3 is 0 Å². The summed E-state index contributed by atoms with van der Waals surface area (Å²) in [5.74, 6) is 1.23. The number of phenolic OH excluding ortho intramolecular Hbond substituents is 1. The highest BCUT2D eigenvalue weighted by Crippen LogP contribution is 2.28. The van der Waals surface area contributed by atoms with Crippen molar-refractivity contribution >= 4 is 5.95 Å². The van der Waals surface area contributed by atoms with Crippen LogP contribution in [0.4, 0.5) is 5.95 Å². The molecule has 1 fully saturated rings. The van der Waals surface area contributed by atoms with E-state index in [1.807, 2.05) is 26.0 Å². The van der Waals surface area contributed by atoms with Crippen LogP contribution in [0, 0.1) is 0 Å². The zero-order valence-corrected chi connectivity index (χ0v) is 17.1. The van der Waals surface area contributed by atoms with Gasteiger partial charge < -0.3 is 19.5 Å². The molecule has 3 heterocycles. The van der Waals surface area contributed by atoms with Gasteiger partial charge in [-0.25, -0.2) is 4.98 Å². The fourth-order valence-corrected chi connectivity index (χ4v) is 4.19. The SMILES string of the molecule is COc1cc(CN2CCc3c(nc(N4CC(C)OC(C)C4)[nH]c3=O)C2)ccc1O. The number of aromatic amines is 1. The van der Waals surface area contributed by atoms with Crippen LogP contribution < -0.4 is 15.2 Å². The summed E-state index contributed by atoms with van der Waals surface area (Å²) in [4.78, 5) is 24.8. The van der Waals surface area contributed by atoms with Crippen molar-refractivity contribution in [1.82, 2.24) is 14.9 Å². The Hall–Kier alpha value is -2.58. The van der Waals surface area contributed by atoms with Crippen molar-refractivity contribution in [2.45, 2.75) is 45.6 Å². The molecular formula is C21H28N4O4. The number of methoxy groups -OCH3 is 1. The first kappa shape index (κ1) is 19.7. The van der Waals surface area contributed by atoms with Crippen molar-refractivity contribution in [2.24, 2.45) is 0 Å². The Morgan fingerprint density at radius 1 is 1.31 bits per heavy atom. The van der Waals surface area contributed by atoms with Gasteiger partial charge in [-0.2, -0.15) is 0 Å². The standard InChI is InChI=1S/C21H28N4O4/c1-13-9-25(10-14(2)29-13)21-22-17-12-24(7-6-16(17)20(27)23-21)11-15-4-5-18(26)19(8-15)28-3/h4-5,8,13-14,26H,6-7,9-12H2,1-3H3,(H,22,23,27). The number of morpholine rings is 1. The minimum absolute atomic E-state index is 0.0391. The lowest BCUT2D eigenvalue weighted by atomic mass is 10.1. The maximum Gasteiger partial charge on any atom is 0.255 e. The molecule has 2 unspecified atom stereocenters. The van der Waals surface area contributed by atoms with Crippen molar-refractivity contribution in [2.75, 3.05) is 31.6 Å².